The normalized spacial score (nSPS) is 16.2. The molecule has 5 heteroatoms. The van der Waals surface area contributed by atoms with E-state index in [0.29, 0.717) is 24.2 Å². The highest BCUT2D eigenvalue weighted by atomic mass is 16.5. The van der Waals surface area contributed by atoms with E-state index in [2.05, 4.69) is 9.55 Å². The fourth-order valence-electron chi connectivity index (χ4n) is 3.18. The molecule has 1 aromatic carbocycles. The lowest BCUT2D eigenvalue weighted by atomic mass is 9.95. The highest BCUT2D eigenvalue weighted by molar-refractivity contribution is 5.94. The number of benzene rings is 1. The third kappa shape index (κ3) is 2.60. The number of esters is 1. The first kappa shape index (κ1) is 13.9. The first-order chi connectivity index (χ1) is 10.2. The first-order valence-corrected chi connectivity index (χ1v) is 7.65. The number of carbonyl (C=O) groups is 1. The molecule has 3 rings (SSSR count). The van der Waals surface area contributed by atoms with E-state index in [4.69, 9.17) is 10.5 Å². The van der Waals surface area contributed by atoms with Crippen LogP contribution in [-0.4, -0.2) is 22.1 Å². The Kier molecular flexibility index (Phi) is 3.82. The fraction of sp³-hybridized carbons (Fsp3) is 0.500. The molecule has 1 aliphatic rings. The van der Waals surface area contributed by atoms with Crippen LogP contribution in [0.15, 0.2) is 18.2 Å². The molecule has 2 aromatic rings. The zero-order valence-electron chi connectivity index (χ0n) is 12.3. The molecule has 0 atom stereocenters. The van der Waals surface area contributed by atoms with Gasteiger partial charge in [-0.3, -0.25) is 0 Å². The molecule has 21 heavy (non-hydrogen) atoms. The standard InChI is InChI=1S/C16H21N3O2/c1-2-21-15(20)11-8-9-14-13(10-11)18-16(17)19(14)12-6-4-3-5-7-12/h8-10,12H,2-7H2,1H3,(H2,17,18). The third-order valence-corrected chi connectivity index (χ3v) is 4.17. The van der Waals surface area contributed by atoms with Crippen LogP contribution in [0.3, 0.4) is 0 Å². The number of aromatic nitrogens is 2. The van der Waals surface area contributed by atoms with Crippen molar-refractivity contribution in [2.75, 3.05) is 12.3 Å². The average Bonchev–Trinajstić information content (AvgIpc) is 2.83. The molecule has 112 valence electrons. The smallest absolute Gasteiger partial charge is 0.338 e. The van der Waals surface area contributed by atoms with Gasteiger partial charge in [0.2, 0.25) is 5.95 Å². The van der Waals surface area contributed by atoms with E-state index in [1.807, 2.05) is 6.07 Å². The zero-order chi connectivity index (χ0) is 14.8. The monoisotopic (exact) mass is 287 g/mol. The van der Waals surface area contributed by atoms with Crippen molar-refractivity contribution in [2.45, 2.75) is 45.1 Å². The maximum atomic E-state index is 11.8. The summed E-state index contributed by atoms with van der Waals surface area (Å²) in [6.45, 7) is 2.17. The number of fused-ring (bicyclic) bond motifs is 1. The van der Waals surface area contributed by atoms with Gasteiger partial charge in [-0.1, -0.05) is 19.3 Å². The Hall–Kier alpha value is -2.04. The van der Waals surface area contributed by atoms with E-state index in [9.17, 15) is 4.79 Å². The van der Waals surface area contributed by atoms with Crippen molar-refractivity contribution in [1.82, 2.24) is 9.55 Å². The van der Waals surface area contributed by atoms with Crippen molar-refractivity contribution in [3.8, 4) is 0 Å². The van der Waals surface area contributed by atoms with Crippen LogP contribution in [0, 0.1) is 0 Å². The Morgan fingerprint density at radius 1 is 1.38 bits per heavy atom. The Labute approximate surface area is 124 Å². The van der Waals surface area contributed by atoms with Crippen molar-refractivity contribution >= 4 is 23.0 Å². The number of ether oxygens (including phenoxy) is 1. The molecule has 2 N–H and O–H groups in total. The van der Waals surface area contributed by atoms with Gasteiger partial charge in [0, 0.05) is 6.04 Å². The highest BCUT2D eigenvalue weighted by Crippen LogP contribution is 2.33. The molecule has 0 radical (unpaired) electrons. The summed E-state index contributed by atoms with van der Waals surface area (Å²) in [5.41, 5.74) is 8.40. The van der Waals surface area contributed by atoms with Crippen molar-refractivity contribution in [3.63, 3.8) is 0 Å². The van der Waals surface area contributed by atoms with Crippen LogP contribution in [-0.2, 0) is 4.74 Å². The Balaban J connectivity index is 1.99. The van der Waals surface area contributed by atoms with Crippen molar-refractivity contribution in [2.24, 2.45) is 0 Å². The SMILES string of the molecule is CCOC(=O)c1ccc2c(c1)nc(N)n2C1CCCCC1. The van der Waals surface area contributed by atoms with Gasteiger partial charge < -0.3 is 15.0 Å². The van der Waals surface area contributed by atoms with Crippen LogP contribution < -0.4 is 5.73 Å². The second-order valence-electron chi connectivity index (χ2n) is 5.56. The molecule has 1 aromatic heterocycles. The molecule has 0 aliphatic heterocycles. The fourth-order valence-corrected chi connectivity index (χ4v) is 3.18. The number of nitrogens with two attached hydrogens (primary N) is 1. The summed E-state index contributed by atoms with van der Waals surface area (Å²) in [6.07, 6.45) is 6.08. The number of imidazole rings is 1. The molecule has 1 fully saturated rings. The van der Waals surface area contributed by atoms with E-state index in [1.54, 1.807) is 19.1 Å². The number of hydrogen-bond acceptors (Lipinski definition) is 4. The zero-order valence-corrected chi connectivity index (χ0v) is 12.3. The lowest BCUT2D eigenvalue weighted by Crippen LogP contribution is -2.14. The molecule has 5 nitrogen and oxygen atoms in total. The molecular weight excluding hydrogens is 266 g/mol. The summed E-state index contributed by atoms with van der Waals surface area (Å²) in [7, 11) is 0. The molecule has 1 heterocycles. The average molecular weight is 287 g/mol. The maximum Gasteiger partial charge on any atom is 0.338 e. The predicted molar refractivity (Wildman–Crippen MR) is 82.2 cm³/mol. The van der Waals surface area contributed by atoms with Crippen LogP contribution in [0.5, 0.6) is 0 Å². The lowest BCUT2D eigenvalue weighted by Gasteiger charge is -2.24. The summed E-state index contributed by atoms with van der Waals surface area (Å²) >= 11 is 0. The van der Waals surface area contributed by atoms with Gasteiger partial charge in [0.25, 0.3) is 0 Å². The summed E-state index contributed by atoms with van der Waals surface area (Å²) in [5, 5.41) is 0. The maximum absolute atomic E-state index is 11.8. The predicted octanol–water partition coefficient (Wildman–Crippen LogP) is 3.30. The van der Waals surface area contributed by atoms with E-state index in [0.717, 1.165) is 23.9 Å². The molecule has 0 saturated heterocycles. The molecule has 1 aliphatic carbocycles. The Morgan fingerprint density at radius 3 is 2.86 bits per heavy atom. The van der Waals surface area contributed by atoms with Crippen molar-refractivity contribution in [3.05, 3.63) is 23.8 Å². The van der Waals surface area contributed by atoms with Crippen molar-refractivity contribution in [1.29, 1.82) is 0 Å². The second kappa shape index (κ2) is 5.76. The minimum atomic E-state index is -0.315. The van der Waals surface area contributed by atoms with Crippen LogP contribution in [0.4, 0.5) is 5.95 Å². The highest BCUT2D eigenvalue weighted by Gasteiger charge is 2.21. The number of nitrogens with zero attached hydrogens (tertiary/aromatic N) is 2. The van der Waals surface area contributed by atoms with E-state index >= 15 is 0 Å². The summed E-state index contributed by atoms with van der Waals surface area (Å²) in [5.74, 6) is 0.225. The van der Waals surface area contributed by atoms with Gasteiger partial charge in [0.15, 0.2) is 0 Å². The molecule has 0 amide bonds. The van der Waals surface area contributed by atoms with Crippen LogP contribution in [0.2, 0.25) is 0 Å². The second-order valence-corrected chi connectivity index (χ2v) is 5.56. The van der Waals surface area contributed by atoms with Gasteiger partial charge in [-0.25, -0.2) is 9.78 Å². The molecular formula is C16H21N3O2. The topological polar surface area (TPSA) is 70.1 Å². The van der Waals surface area contributed by atoms with Gasteiger partial charge in [-0.05, 0) is 38.0 Å². The van der Waals surface area contributed by atoms with Gasteiger partial charge in [0.05, 0.1) is 23.2 Å². The number of nitrogen functional groups attached to an aromatic ring is 1. The minimum Gasteiger partial charge on any atom is -0.462 e. The largest absolute Gasteiger partial charge is 0.462 e. The van der Waals surface area contributed by atoms with Crippen LogP contribution >= 0.6 is 0 Å². The Morgan fingerprint density at radius 2 is 2.14 bits per heavy atom. The summed E-state index contributed by atoms with van der Waals surface area (Å²) in [6, 6.07) is 5.92. The van der Waals surface area contributed by atoms with Gasteiger partial charge in [0.1, 0.15) is 0 Å². The van der Waals surface area contributed by atoms with Gasteiger partial charge in [-0.15, -0.1) is 0 Å². The third-order valence-electron chi connectivity index (χ3n) is 4.17. The quantitative estimate of drug-likeness (QED) is 0.879. The molecule has 0 bridgehead atoms. The van der Waals surface area contributed by atoms with Gasteiger partial charge in [-0.2, -0.15) is 0 Å². The number of anilines is 1. The minimum absolute atomic E-state index is 0.315. The molecule has 0 unspecified atom stereocenters. The first-order valence-electron chi connectivity index (χ1n) is 7.65. The van der Waals surface area contributed by atoms with Gasteiger partial charge >= 0.3 is 5.97 Å². The summed E-state index contributed by atoms with van der Waals surface area (Å²) < 4.78 is 7.15. The number of carbonyl (C=O) groups excluding carboxylic acids is 1. The summed E-state index contributed by atoms with van der Waals surface area (Å²) in [4.78, 5) is 16.2. The van der Waals surface area contributed by atoms with E-state index in [-0.39, 0.29) is 5.97 Å². The van der Waals surface area contributed by atoms with E-state index < -0.39 is 0 Å². The molecule has 1 saturated carbocycles. The van der Waals surface area contributed by atoms with Crippen LogP contribution in [0.25, 0.3) is 11.0 Å². The molecule has 0 spiro atoms. The number of hydrogen-bond donors (Lipinski definition) is 1. The number of rotatable bonds is 3. The van der Waals surface area contributed by atoms with E-state index in [1.165, 1.54) is 19.3 Å². The lowest BCUT2D eigenvalue weighted by molar-refractivity contribution is 0.0526. The van der Waals surface area contributed by atoms with Crippen LogP contribution in [0.1, 0.15) is 55.4 Å². The Bertz CT molecular complexity index is 657. The van der Waals surface area contributed by atoms with Crippen molar-refractivity contribution < 1.29 is 9.53 Å².